The average molecular weight is 416 g/mol. The number of nitrogens with two attached hydrogens (primary N) is 4. The van der Waals surface area contributed by atoms with Gasteiger partial charge in [0.15, 0.2) is 5.96 Å². The normalized spacial score (nSPS) is 14.9. The van der Waals surface area contributed by atoms with Gasteiger partial charge in [-0.2, -0.15) is 0 Å². The van der Waals surface area contributed by atoms with Gasteiger partial charge in [-0.15, -0.1) is 0 Å². The van der Waals surface area contributed by atoms with Crippen LogP contribution in [0.1, 0.15) is 52.4 Å². The fraction of sp³-hybridized carbons (Fsp3) is 0.778. The Morgan fingerprint density at radius 3 is 2.21 bits per heavy atom. The molecule has 0 aliphatic carbocycles. The fourth-order valence-corrected chi connectivity index (χ4v) is 2.62. The molecule has 0 aromatic carbocycles. The van der Waals surface area contributed by atoms with Gasteiger partial charge in [0.1, 0.15) is 12.1 Å². The number of nitrogens with zero attached hydrogens (tertiary/aromatic N) is 1. The van der Waals surface area contributed by atoms with Crippen LogP contribution in [0.2, 0.25) is 0 Å². The molecule has 11 nitrogen and oxygen atoms in total. The van der Waals surface area contributed by atoms with Gasteiger partial charge in [0.05, 0.1) is 6.04 Å². The highest BCUT2D eigenvalue weighted by Crippen LogP contribution is 2.10. The number of hydrogen-bond acceptors (Lipinski definition) is 6. The molecule has 0 fully saturated rings. The number of hydrogen-bond donors (Lipinski definition) is 7. The summed E-state index contributed by atoms with van der Waals surface area (Å²) in [5.41, 5.74) is 21.8. The van der Waals surface area contributed by atoms with E-state index in [1.54, 1.807) is 6.92 Å². The van der Waals surface area contributed by atoms with Crippen molar-refractivity contribution in [3.05, 3.63) is 0 Å². The lowest BCUT2D eigenvalue weighted by Gasteiger charge is -2.26. The molecule has 2 amide bonds. The summed E-state index contributed by atoms with van der Waals surface area (Å²) in [5.74, 6) is -2.38. The van der Waals surface area contributed by atoms with Crippen LogP contribution in [0.5, 0.6) is 0 Å². The quantitative estimate of drug-likeness (QED) is 0.0956. The fourth-order valence-electron chi connectivity index (χ4n) is 2.62. The number of carbonyl (C=O) groups is 3. The molecule has 11 heteroatoms. The zero-order valence-corrected chi connectivity index (χ0v) is 17.4. The summed E-state index contributed by atoms with van der Waals surface area (Å²) in [6.45, 7) is 4.48. The molecule has 0 aliphatic rings. The molecule has 29 heavy (non-hydrogen) atoms. The third-order valence-electron chi connectivity index (χ3n) is 4.66. The van der Waals surface area contributed by atoms with Crippen LogP contribution >= 0.6 is 0 Å². The number of unbranched alkanes of at least 4 members (excludes halogenated alkanes) is 1. The lowest BCUT2D eigenvalue weighted by atomic mass is 9.97. The van der Waals surface area contributed by atoms with E-state index in [0.29, 0.717) is 45.2 Å². The van der Waals surface area contributed by atoms with Crippen LogP contribution in [0, 0.1) is 5.92 Å². The van der Waals surface area contributed by atoms with Crippen molar-refractivity contribution >= 4 is 23.7 Å². The van der Waals surface area contributed by atoms with E-state index in [1.165, 1.54) is 0 Å². The number of carbonyl (C=O) groups excluding carboxylic acids is 2. The van der Waals surface area contributed by atoms with Crippen LogP contribution in [0.15, 0.2) is 4.99 Å². The maximum Gasteiger partial charge on any atom is 0.326 e. The molecule has 0 aromatic heterocycles. The Balaban J connectivity index is 4.92. The lowest BCUT2D eigenvalue weighted by molar-refractivity contribution is -0.142. The summed E-state index contributed by atoms with van der Waals surface area (Å²) in [6.07, 6.45) is 2.98. The minimum absolute atomic E-state index is 0.0315. The molecule has 0 bridgehead atoms. The Labute approximate surface area is 172 Å². The van der Waals surface area contributed by atoms with E-state index in [1.807, 2.05) is 6.92 Å². The Hall–Kier alpha value is -2.40. The molecule has 4 atom stereocenters. The maximum absolute atomic E-state index is 12.7. The minimum atomic E-state index is -1.12. The van der Waals surface area contributed by atoms with Crippen LogP contribution in [0.25, 0.3) is 0 Å². The van der Waals surface area contributed by atoms with Crippen LogP contribution in [-0.4, -0.2) is 60.1 Å². The highest BCUT2D eigenvalue weighted by molar-refractivity contribution is 5.91. The molecule has 0 radical (unpaired) electrons. The lowest BCUT2D eigenvalue weighted by Crippen LogP contribution is -2.56. The summed E-state index contributed by atoms with van der Waals surface area (Å²) in [6, 6.07) is -2.75. The van der Waals surface area contributed by atoms with Crippen molar-refractivity contribution in [3.8, 4) is 0 Å². The first kappa shape index (κ1) is 26.6. The standard InChI is InChI=1S/C18H37N7O4/c1-3-11(2)14(16(27)24-13(17(28)29)8-4-5-9-19)25-15(26)12(20)7-6-10-23-18(21)22/h11-14H,3-10,19-20H2,1-2H3,(H,24,27)(H,25,26)(H,28,29)(H4,21,22,23). The van der Waals surface area contributed by atoms with Gasteiger partial charge in [-0.05, 0) is 44.6 Å². The van der Waals surface area contributed by atoms with E-state index in [4.69, 9.17) is 22.9 Å². The average Bonchev–Trinajstić information content (AvgIpc) is 2.67. The summed E-state index contributed by atoms with van der Waals surface area (Å²) < 4.78 is 0. The SMILES string of the molecule is CCC(C)C(NC(=O)C(N)CCCN=C(N)N)C(=O)NC(CCCCN)C(=O)O. The van der Waals surface area contributed by atoms with Crippen molar-refractivity contribution in [3.63, 3.8) is 0 Å². The molecule has 0 aromatic rings. The van der Waals surface area contributed by atoms with E-state index < -0.39 is 35.9 Å². The van der Waals surface area contributed by atoms with Crippen LogP contribution < -0.4 is 33.6 Å². The van der Waals surface area contributed by atoms with E-state index in [2.05, 4.69) is 15.6 Å². The molecule has 4 unspecified atom stereocenters. The van der Waals surface area contributed by atoms with E-state index in [0.717, 1.165) is 0 Å². The zero-order valence-electron chi connectivity index (χ0n) is 17.4. The van der Waals surface area contributed by atoms with Gasteiger partial charge in [0, 0.05) is 6.54 Å². The minimum Gasteiger partial charge on any atom is -0.480 e. The van der Waals surface area contributed by atoms with Gasteiger partial charge in [-0.1, -0.05) is 20.3 Å². The number of aliphatic carboxylic acids is 1. The van der Waals surface area contributed by atoms with Gasteiger partial charge in [-0.25, -0.2) is 4.79 Å². The largest absolute Gasteiger partial charge is 0.480 e. The smallest absolute Gasteiger partial charge is 0.326 e. The summed E-state index contributed by atoms with van der Waals surface area (Å²) in [4.78, 5) is 40.3. The second kappa shape index (κ2) is 14.6. The Kier molecular flexibility index (Phi) is 13.4. The number of aliphatic imine (C=N–C) groups is 1. The highest BCUT2D eigenvalue weighted by Gasteiger charge is 2.30. The number of rotatable bonds is 15. The molecule has 0 rings (SSSR count). The number of carboxylic acid groups (broad SMARTS) is 1. The first-order valence-electron chi connectivity index (χ1n) is 9.98. The summed E-state index contributed by atoms with van der Waals surface area (Å²) in [7, 11) is 0. The van der Waals surface area contributed by atoms with Crippen LogP contribution in [0.4, 0.5) is 0 Å². The predicted octanol–water partition coefficient (Wildman–Crippen LogP) is -1.40. The molecular weight excluding hydrogens is 378 g/mol. The summed E-state index contributed by atoms with van der Waals surface area (Å²) >= 11 is 0. The van der Waals surface area contributed by atoms with Crippen LogP contribution in [0.3, 0.4) is 0 Å². The first-order chi connectivity index (χ1) is 13.6. The number of guanidine groups is 1. The number of carboxylic acids is 1. The van der Waals surface area contributed by atoms with Crippen LogP contribution in [-0.2, 0) is 14.4 Å². The van der Waals surface area contributed by atoms with Crippen molar-refractivity contribution in [2.45, 2.75) is 70.5 Å². The zero-order chi connectivity index (χ0) is 22.4. The van der Waals surface area contributed by atoms with Gasteiger partial charge in [0.2, 0.25) is 11.8 Å². The Morgan fingerprint density at radius 1 is 1.03 bits per heavy atom. The second-order valence-corrected chi connectivity index (χ2v) is 7.11. The molecule has 0 saturated heterocycles. The third-order valence-corrected chi connectivity index (χ3v) is 4.66. The molecule has 11 N–H and O–H groups in total. The van der Waals surface area contributed by atoms with E-state index >= 15 is 0 Å². The maximum atomic E-state index is 12.7. The number of amides is 2. The van der Waals surface area contributed by atoms with E-state index in [9.17, 15) is 19.5 Å². The molecule has 0 heterocycles. The third kappa shape index (κ3) is 11.3. The van der Waals surface area contributed by atoms with E-state index in [-0.39, 0.29) is 18.3 Å². The predicted molar refractivity (Wildman–Crippen MR) is 112 cm³/mol. The van der Waals surface area contributed by atoms with Crippen molar-refractivity contribution in [1.29, 1.82) is 0 Å². The summed E-state index contributed by atoms with van der Waals surface area (Å²) in [5, 5.41) is 14.5. The molecule has 0 spiro atoms. The topological polar surface area (TPSA) is 212 Å². The van der Waals surface area contributed by atoms with Gasteiger partial charge >= 0.3 is 5.97 Å². The molecule has 0 aliphatic heterocycles. The van der Waals surface area contributed by atoms with Crippen molar-refractivity contribution in [2.24, 2.45) is 33.8 Å². The second-order valence-electron chi connectivity index (χ2n) is 7.11. The van der Waals surface area contributed by atoms with Crippen molar-refractivity contribution < 1.29 is 19.5 Å². The van der Waals surface area contributed by atoms with Gasteiger partial charge in [0.25, 0.3) is 0 Å². The molecule has 0 saturated carbocycles. The van der Waals surface area contributed by atoms with Gasteiger partial charge < -0.3 is 38.7 Å². The Bertz CT molecular complexity index is 552. The number of nitrogens with one attached hydrogen (secondary N) is 2. The van der Waals surface area contributed by atoms with Crippen molar-refractivity contribution in [1.82, 2.24) is 10.6 Å². The Morgan fingerprint density at radius 2 is 1.69 bits per heavy atom. The highest BCUT2D eigenvalue weighted by atomic mass is 16.4. The van der Waals surface area contributed by atoms with Crippen molar-refractivity contribution in [2.75, 3.05) is 13.1 Å². The van der Waals surface area contributed by atoms with Gasteiger partial charge in [-0.3, -0.25) is 14.6 Å². The molecular formula is C18H37N7O4. The first-order valence-corrected chi connectivity index (χ1v) is 9.98. The molecule has 168 valence electrons. The monoisotopic (exact) mass is 415 g/mol.